The molecular formula is C28H34N6O4. The van der Waals surface area contributed by atoms with Crippen molar-refractivity contribution in [2.45, 2.75) is 39.8 Å². The molecule has 200 valence electrons. The summed E-state index contributed by atoms with van der Waals surface area (Å²) in [5.74, 6) is -0.634. The van der Waals surface area contributed by atoms with Crippen LogP contribution in [-0.4, -0.2) is 58.4 Å². The molecule has 3 N–H and O–H groups in total. The van der Waals surface area contributed by atoms with Crippen molar-refractivity contribution in [2.75, 3.05) is 14.1 Å². The Balaban J connectivity index is 0.00000533. The Morgan fingerprint density at radius 2 is 1.58 bits per heavy atom. The Morgan fingerprint density at radius 3 is 2.16 bits per heavy atom. The number of carbonyl (C=O) groups excluding carboxylic acids is 2. The number of amides is 2. The molecular weight excluding hydrogens is 484 g/mol. The van der Waals surface area contributed by atoms with Gasteiger partial charge in [0, 0.05) is 38.8 Å². The molecule has 2 aromatic carbocycles. The molecule has 0 aliphatic rings. The van der Waals surface area contributed by atoms with Crippen molar-refractivity contribution >= 4 is 23.8 Å². The molecule has 0 aliphatic carbocycles. The van der Waals surface area contributed by atoms with Crippen molar-refractivity contribution in [3.63, 3.8) is 0 Å². The van der Waals surface area contributed by atoms with Crippen LogP contribution in [0.3, 0.4) is 0 Å². The number of hydrogen-bond acceptors (Lipinski definition) is 8. The lowest BCUT2D eigenvalue weighted by Gasteiger charge is -2.19. The third-order valence-electron chi connectivity index (χ3n) is 5.26. The average molecular weight is 519 g/mol. The number of aromatic nitrogens is 2. The van der Waals surface area contributed by atoms with E-state index >= 15 is 0 Å². The normalized spacial score (nSPS) is 10.9. The predicted molar refractivity (Wildman–Crippen MR) is 147 cm³/mol. The second-order valence-corrected chi connectivity index (χ2v) is 9.78. The van der Waals surface area contributed by atoms with Gasteiger partial charge < -0.3 is 19.7 Å². The van der Waals surface area contributed by atoms with E-state index in [4.69, 9.17) is 20.3 Å². The fourth-order valence-electron chi connectivity index (χ4n) is 3.32. The zero-order chi connectivity index (χ0) is 28.0. The van der Waals surface area contributed by atoms with Crippen LogP contribution in [0.1, 0.15) is 55.1 Å². The largest absolute Gasteiger partial charge is 0.444 e. The molecule has 0 radical (unpaired) electrons. The minimum Gasteiger partial charge on any atom is -0.444 e. The third-order valence-corrected chi connectivity index (χ3v) is 5.26. The summed E-state index contributed by atoms with van der Waals surface area (Å²) in [5, 5.41) is 19.4. The van der Waals surface area contributed by atoms with Gasteiger partial charge in [-0.1, -0.05) is 24.3 Å². The van der Waals surface area contributed by atoms with Crippen LogP contribution in [0.25, 0.3) is 11.3 Å². The second kappa shape index (κ2) is 11.6. The molecule has 0 aliphatic heterocycles. The average Bonchev–Trinajstić information content (AvgIpc) is 2.86. The predicted octanol–water partition coefficient (Wildman–Crippen LogP) is 4.79. The lowest BCUT2D eigenvalue weighted by Crippen LogP contribution is -2.32. The van der Waals surface area contributed by atoms with Gasteiger partial charge in [-0.05, 0) is 57.5 Å². The van der Waals surface area contributed by atoms with Gasteiger partial charge in [0.05, 0.1) is 17.6 Å². The topological polar surface area (TPSA) is 141 Å². The van der Waals surface area contributed by atoms with Crippen LogP contribution in [0.15, 0.2) is 54.7 Å². The van der Waals surface area contributed by atoms with Gasteiger partial charge in [-0.15, -0.1) is 0 Å². The van der Waals surface area contributed by atoms with Gasteiger partial charge in [0.1, 0.15) is 11.3 Å². The summed E-state index contributed by atoms with van der Waals surface area (Å²) in [6, 6.07) is 13.8. The highest BCUT2D eigenvalue weighted by molar-refractivity contribution is 6.04. The number of carbonyl (C=O) groups is 2. The van der Waals surface area contributed by atoms with E-state index in [2.05, 4.69) is 15.3 Å². The minimum atomic E-state index is -0.579. The molecule has 0 saturated carbocycles. The van der Waals surface area contributed by atoms with Crippen LogP contribution in [-0.2, 0) is 16.0 Å². The minimum absolute atomic E-state index is 0. The number of benzene rings is 2. The van der Waals surface area contributed by atoms with Gasteiger partial charge in [0.15, 0.2) is 0 Å². The summed E-state index contributed by atoms with van der Waals surface area (Å²) in [5.41, 5.74) is 3.17. The highest BCUT2D eigenvalue weighted by atomic mass is 16.6. The molecule has 10 nitrogen and oxygen atoms in total. The Morgan fingerprint density at radius 1 is 0.974 bits per heavy atom. The summed E-state index contributed by atoms with van der Waals surface area (Å²) >= 11 is 0. The van der Waals surface area contributed by atoms with Gasteiger partial charge in [-0.3, -0.25) is 20.6 Å². The van der Waals surface area contributed by atoms with E-state index < -0.39 is 11.7 Å². The molecule has 0 fully saturated rings. The Kier molecular flexibility index (Phi) is 8.57. The Hall–Kier alpha value is -4.60. The van der Waals surface area contributed by atoms with Crippen molar-refractivity contribution in [3.05, 3.63) is 82.8 Å². The third kappa shape index (κ3) is 7.45. The Bertz CT molecular complexity index is 1350. The van der Waals surface area contributed by atoms with E-state index in [1.165, 1.54) is 4.90 Å². The van der Waals surface area contributed by atoms with Crippen molar-refractivity contribution in [3.8, 4) is 11.3 Å². The summed E-state index contributed by atoms with van der Waals surface area (Å²) in [4.78, 5) is 34.3. The summed E-state index contributed by atoms with van der Waals surface area (Å²) in [7, 11) is 3.38. The van der Waals surface area contributed by atoms with Gasteiger partial charge >= 0.3 is 6.09 Å². The van der Waals surface area contributed by atoms with Crippen molar-refractivity contribution in [2.24, 2.45) is 0 Å². The van der Waals surface area contributed by atoms with E-state index in [1.807, 2.05) is 0 Å². The fourth-order valence-corrected chi connectivity index (χ4v) is 3.32. The molecule has 1 heterocycles. The maximum Gasteiger partial charge on any atom is 0.407 e. The van der Waals surface area contributed by atoms with Crippen LogP contribution in [0.2, 0.25) is 0 Å². The lowest BCUT2D eigenvalue weighted by atomic mass is 10.1. The number of aryl methyl sites for hydroxylation is 1. The molecule has 3 aromatic rings. The van der Waals surface area contributed by atoms with E-state index in [-0.39, 0.29) is 31.4 Å². The molecule has 1 aromatic heterocycles. The van der Waals surface area contributed by atoms with Crippen LogP contribution >= 0.6 is 0 Å². The molecule has 0 unspecified atom stereocenters. The van der Waals surface area contributed by atoms with Gasteiger partial charge in [-0.2, -0.15) is 0 Å². The van der Waals surface area contributed by atoms with Crippen LogP contribution in [0, 0.1) is 17.7 Å². The SMILES string of the molecule is Cc1ncc(-c2ccc(C(=O)N(C)C)cc2)nc1C(=N)OC(=N)c1ccc(CNC(=O)OC(C)(C)C)cc1.[HH]. The number of rotatable bonds is 6. The first-order chi connectivity index (χ1) is 17.8. The first-order valence-electron chi connectivity index (χ1n) is 11.9. The van der Waals surface area contributed by atoms with Crippen molar-refractivity contribution < 1.29 is 20.5 Å². The Labute approximate surface area is 223 Å². The monoisotopic (exact) mass is 518 g/mol. The fraction of sp³-hybridized carbons (Fsp3) is 0.286. The summed E-state index contributed by atoms with van der Waals surface area (Å²) < 4.78 is 10.7. The van der Waals surface area contributed by atoms with E-state index in [1.54, 1.807) is 96.5 Å². The molecule has 2 amide bonds. The molecule has 0 atom stereocenters. The maximum absolute atomic E-state index is 12.1. The molecule has 0 spiro atoms. The van der Waals surface area contributed by atoms with E-state index in [0.717, 1.165) is 11.1 Å². The van der Waals surface area contributed by atoms with Crippen molar-refractivity contribution in [1.29, 1.82) is 10.8 Å². The smallest absolute Gasteiger partial charge is 0.407 e. The standard InChI is InChI=1S/C28H32N6O4.H2/c1-17-23(33-22(16-31-17)19-11-13-21(14-12-19)26(35)34(5)6)25(30)37-24(29)20-9-7-18(8-10-20)15-32-27(36)38-28(2,3)4;/h7-14,16,29-30H,15H2,1-6H3,(H,32,36);1H. The quantitative estimate of drug-likeness (QED) is 0.316. The van der Waals surface area contributed by atoms with Gasteiger partial charge in [0.2, 0.25) is 11.8 Å². The number of ether oxygens (including phenoxy) is 2. The number of hydrogen-bond donors (Lipinski definition) is 3. The maximum atomic E-state index is 12.1. The highest BCUT2D eigenvalue weighted by Crippen LogP contribution is 2.20. The zero-order valence-corrected chi connectivity index (χ0v) is 22.4. The van der Waals surface area contributed by atoms with E-state index in [0.29, 0.717) is 22.5 Å². The molecule has 0 bridgehead atoms. The number of nitrogens with one attached hydrogen (secondary N) is 3. The number of nitrogens with zero attached hydrogens (tertiary/aromatic N) is 3. The van der Waals surface area contributed by atoms with Crippen molar-refractivity contribution in [1.82, 2.24) is 20.2 Å². The lowest BCUT2D eigenvalue weighted by molar-refractivity contribution is 0.0523. The molecule has 0 saturated heterocycles. The molecule has 38 heavy (non-hydrogen) atoms. The zero-order valence-electron chi connectivity index (χ0n) is 22.4. The van der Waals surface area contributed by atoms with Gasteiger partial charge in [0.25, 0.3) is 5.91 Å². The van der Waals surface area contributed by atoms with Crippen LogP contribution in [0.5, 0.6) is 0 Å². The van der Waals surface area contributed by atoms with Crippen LogP contribution < -0.4 is 5.32 Å². The summed E-state index contributed by atoms with van der Waals surface area (Å²) in [6.07, 6.45) is 1.08. The van der Waals surface area contributed by atoms with Crippen LogP contribution in [0.4, 0.5) is 4.79 Å². The highest BCUT2D eigenvalue weighted by Gasteiger charge is 2.17. The first kappa shape index (κ1) is 28.0. The first-order valence-corrected chi connectivity index (χ1v) is 11.9. The summed E-state index contributed by atoms with van der Waals surface area (Å²) in [6.45, 7) is 7.35. The van der Waals surface area contributed by atoms with E-state index in [9.17, 15) is 9.59 Å². The second-order valence-electron chi connectivity index (χ2n) is 9.78. The molecule has 3 rings (SSSR count). The number of alkyl carbamates (subject to hydrolysis) is 1. The molecule has 10 heteroatoms. The van der Waals surface area contributed by atoms with Gasteiger partial charge in [-0.25, -0.2) is 9.78 Å².